The number of nitrogens with two attached hydrogens (primary N) is 1. The molecule has 0 bridgehead atoms. The Balaban J connectivity index is 1.69. The molecule has 128 valence electrons. The van der Waals surface area contributed by atoms with Crippen molar-refractivity contribution in [2.45, 2.75) is 38.1 Å². The summed E-state index contributed by atoms with van der Waals surface area (Å²) in [5.41, 5.74) is 8.71. The molecule has 0 amide bonds. The summed E-state index contributed by atoms with van der Waals surface area (Å²) in [6, 6.07) is 10.3. The van der Waals surface area contributed by atoms with E-state index in [1.807, 2.05) is 30.3 Å². The molecule has 0 spiro atoms. The smallest absolute Gasteiger partial charge is 0.141 e. The SMILES string of the molecule is N=C(c1cc2ccccc2[nH]1)c1c(N)ncnc1NC1CCCCC1. The summed E-state index contributed by atoms with van der Waals surface area (Å²) in [4.78, 5) is 11.8. The third-order valence-corrected chi connectivity index (χ3v) is 4.87. The molecule has 1 saturated carbocycles. The second kappa shape index (κ2) is 6.55. The summed E-state index contributed by atoms with van der Waals surface area (Å²) in [5.74, 6) is 0.986. The fraction of sp³-hybridized carbons (Fsp3) is 0.316. The number of anilines is 2. The minimum Gasteiger partial charge on any atom is -0.383 e. The van der Waals surface area contributed by atoms with Crippen molar-refractivity contribution >= 4 is 28.3 Å². The van der Waals surface area contributed by atoms with E-state index in [4.69, 9.17) is 11.1 Å². The van der Waals surface area contributed by atoms with E-state index >= 15 is 0 Å². The van der Waals surface area contributed by atoms with Crippen LogP contribution >= 0.6 is 0 Å². The van der Waals surface area contributed by atoms with Crippen molar-refractivity contribution in [1.82, 2.24) is 15.0 Å². The average Bonchev–Trinajstić information content (AvgIpc) is 3.06. The Morgan fingerprint density at radius 2 is 1.96 bits per heavy atom. The van der Waals surface area contributed by atoms with Crippen LogP contribution in [0.25, 0.3) is 10.9 Å². The van der Waals surface area contributed by atoms with Gasteiger partial charge in [0.15, 0.2) is 0 Å². The summed E-state index contributed by atoms with van der Waals surface area (Å²) in [6.45, 7) is 0. The number of H-pyrrole nitrogens is 1. The zero-order valence-electron chi connectivity index (χ0n) is 14.0. The molecule has 3 aromatic rings. The quantitative estimate of drug-likeness (QED) is 0.546. The molecule has 2 aromatic heterocycles. The van der Waals surface area contributed by atoms with Crippen LogP contribution in [0.15, 0.2) is 36.7 Å². The highest BCUT2D eigenvalue weighted by molar-refractivity contribution is 6.16. The number of aromatic nitrogens is 3. The zero-order chi connectivity index (χ0) is 17.2. The summed E-state index contributed by atoms with van der Waals surface area (Å²) in [7, 11) is 0. The maximum Gasteiger partial charge on any atom is 0.141 e. The van der Waals surface area contributed by atoms with E-state index in [2.05, 4.69) is 20.3 Å². The molecule has 1 aliphatic rings. The Labute approximate surface area is 146 Å². The fourth-order valence-corrected chi connectivity index (χ4v) is 3.54. The molecule has 1 fully saturated rings. The standard InChI is InChI=1S/C19H22N6/c20-17(15-10-12-6-4-5-9-14(12)25-15)16-18(21)22-11-23-19(16)24-13-7-2-1-3-8-13/h4-6,9-11,13,20,25H,1-3,7-8H2,(H3,21,22,23,24). The van der Waals surface area contributed by atoms with Gasteiger partial charge in [-0.05, 0) is 25.0 Å². The van der Waals surface area contributed by atoms with Crippen LogP contribution in [0.5, 0.6) is 0 Å². The number of rotatable bonds is 4. The van der Waals surface area contributed by atoms with E-state index in [9.17, 15) is 0 Å². The maximum atomic E-state index is 8.67. The number of nitrogen functional groups attached to an aromatic ring is 1. The van der Waals surface area contributed by atoms with E-state index < -0.39 is 0 Å². The molecule has 25 heavy (non-hydrogen) atoms. The van der Waals surface area contributed by atoms with Gasteiger partial charge in [-0.25, -0.2) is 9.97 Å². The summed E-state index contributed by atoms with van der Waals surface area (Å²) >= 11 is 0. The van der Waals surface area contributed by atoms with Crippen molar-refractivity contribution in [3.63, 3.8) is 0 Å². The van der Waals surface area contributed by atoms with Crippen molar-refractivity contribution in [3.8, 4) is 0 Å². The third kappa shape index (κ3) is 3.07. The number of nitrogens with one attached hydrogen (secondary N) is 3. The normalized spacial score (nSPS) is 15.4. The predicted octanol–water partition coefficient (Wildman–Crippen LogP) is 3.70. The molecule has 0 unspecified atom stereocenters. The molecule has 6 nitrogen and oxygen atoms in total. The van der Waals surface area contributed by atoms with Gasteiger partial charge in [0.1, 0.15) is 18.0 Å². The van der Waals surface area contributed by atoms with Gasteiger partial charge in [0.2, 0.25) is 0 Å². The van der Waals surface area contributed by atoms with Gasteiger partial charge in [0.25, 0.3) is 0 Å². The number of benzene rings is 1. The minimum absolute atomic E-state index is 0.313. The van der Waals surface area contributed by atoms with Gasteiger partial charge in [-0.1, -0.05) is 37.5 Å². The van der Waals surface area contributed by atoms with Crippen LogP contribution in [-0.2, 0) is 0 Å². The van der Waals surface area contributed by atoms with Gasteiger partial charge in [0, 0.05) is 16.9 Å². The Morgan fingerprint density at radius 1 is 1.16 bits per heavy atom. The Bertz CT molecular complexity index is 874. The first kappa shape index (κ1) is 15.6. The molecule has 5 N–H and O–H groups in total. The van der Waals surface area contributed by atoms with E-state index in [1.54, 1.807) is 0 Å². The highest BCUT2D eigenvalue weighted by atomic mass is 15.1. The van der Waals surface area contributed by atoms with Crippen LogP contribution in [0.1, 0.15) is 43.4 Å². The maximum absolute atomic E-state index is 8.67. The van der Waals surface area contributed by atoms with Crippen molar-refractivity contribution in [1.29, 1.82) is 5.41 Å². The topological polar surface area (TPSA) is 103 Å². The average molecular weight is 334 g/mol. The summed E-state index contributed by atoms with van der Waals surface area (Å²) in [5, 5.41) is 13.2. The summed E-state index contributed by atoms with van der Waals surface area (Å²) < 4.78 is 0. The van der Waals surface area contributed by atoms with Crippen molar-refractivity contribution in [2.75, 3.05) is 11.1 Å². The van der Waals surface area contributed by atoms with Gasteiger partial charge in [-0.2, -0.15) is 0 Å². The molecular formula is C19H22N6. The number of aromatic amines is 1. The molecule has 2 heterocycles. The molecule has 0 atom stereocenters. The second-order valence-corrected chi connectivity index (χ2v) is 6.61. The first-order valence-corrected chi connectivity index (χ1v) is 8.76. The minimum atomic E-state index is 0.313. The van der Waals surface area contributed by atoms with Crippen molar-refractivity contribution in [2.24, 2.45) is 0 Å². The predicted molar refractivity (Wildman–Crippen MR) is 101 cm³/mol. The lowest BCUT2D eigenvalue weighted by Gasteiger charge is -2.24. The van der Waals surface area contributed by atoms with Gasteiger partial charge in [-0.3, -0.25) is 5.41 Å². The van der Waals surface area contributed by atoms with Gasteiger partial charge in [0.05, 0.1) is 17.0 Å². The number of hydrogen-bond acceptors (Lipinski definition) is 5. The molecule has 4 rings (SSSR count). The van der Waals surface area contributed by atoms with Crippen molar-refractivity contribution in [3.05, 3.63) is 47.9 Å². The Kier molecular flexibility index (Phi) is 4.09. The number of nitrogens with zero attached hydrogens (tertiary/aromatic N) is 2. The fourth-order valence-electron chi connectivity index (χ4n) is 3.54. The van der Waals surface area contributed by atoms with Crippen LogP contribution in [0.3, 0.4) is 0 Å². The second-order valence-electron chi connectivity index (χ2n) is 6.61. The summed E-state index contributed by atoms with van der Waals surface area (Å²) in [6.07, 6.45) is 7.47. The van der Waals surface area contributed by atoms with Gasteiger partial charge >= 0.3 is 0 Å². The molecule has 0 saturated heterocycles. The lowest BCUT2D eigenvalue weighted by Crippen LogP contribution is -2.25. The van der Waals surface area contributed by atoms with E-state index in [1.165, 1.54) is 25.6 Å². The molecule has 1 aromatic carbocycles. The molecule has 0 radical (unpaired) electrons. The van der Waals surface area contributed by atoms with Gasteiger partial charge < -0.3 is 16.0 Å². The van der Waals surface area contributed by atoms with Crippen LogP contribution in [-0.4, -0.2) is 26.7 Å². The Morgan fingerprint density at radius 3 is 2.76 bits per heavy atom. The monoisotopic (exact) mass is 334 g/mol. The van der Waals surface area contributed by atoms with Crippen molar-refractivity contribution < 1.29 is 0 Å². The number of fused-ring (bicyclic) bond motifs is 1. The van der Waals surface area contributed by atoms with Crippen LogP contribution < -0.4 is 11.1 Å². The van der Waals surface area contributed by atoms with Crippen LogP contribution in [0.2, 0.25) is 0 Å². The number of hydrogen-bond donors (Lipinski definition) is 4. The van der Waals surface area contributed by atoms with Crippen LogP contribution in [0.4, 0.5) is 11.6 Å². The highest BCUT2D eigenvalue weighted by Gasteiger charge is 2.21. The highest BCUT2D eigenvalue weighted by Crippen LogP contribution is 2.27. The molecule has 6 heteroatoms. The molecular weight excluding hydrogens is 312 g/mol. The third-order valence-electron chi connectivity index (χ3n) is 4.87. The lowest BCUT2D eigenvalue weighted by molar-refractivity contribution is 0.462. The van der Waals surface area contributed by atoms with E-state index in [-0.39, 0.29) is 0 Å². The molecule has 1 aliphatic carbocycles. The van der Waals surface area contributed by atoms with Crippen LogP contribution in [0, 0.1) is 5.41 Å². The largest absolute Gasteiger partial charge is 0.383 e. The molecule has 0 aliphatic heterocycles. The number of para-hydroxylation sites is 1. The lowest BCUT2D eigenvalue weighted by atomic mass is 9.95. The van der Waals surface area contributed by atoms with E-state index in [0.717, 1.165) is 29.4 Å². The van der Waals surface area contributed by atoms with Gasteiger partial charge in [-0.15, -0.1) is 0 Å². The first-order valence-electron chi connectivity index (χ1n) is 8.76. The Hall–Kier alpha value is -2.89. The van der Waals surface area contributed by atoms with E-state index in [0.29, 0.717) is 29.0 Å². The zero-order valence-corrected chi connectivity index (χ0v) is 14.0. The first-order chi connectivity index (χ1) is 12.2.